The van der Waals surface area contributed by atoms with Crippen molar-refractivity contribution in [3.8, 4) is 11.5 Å². The Morgan fingerprint density at radius 1 is 1.14 bits per heavy atom. The van der Waals surface area contributed by atoms with Crippen LogP contribution in [0.5, 0.6) is 11.5 Å². The first-order valence-corrected chi connectivity index (χ1v) is 10.6. The van der Waals surface area contributed by atoms with Gasteiger partial charge in [0.1, 0.15) is 13.2 Å². The molecular weight excluding hydrogens is 396 g/mol. The van der Waals surface area contributed by atoms with Crippen LogP contribution in [0, 0.1) is 0 Å². The molecule has 0 saturated carbocycles. The smallest absolute Gasteiger partial charge is 0.254 e. The summed E-state index contributed by atoms with van der Waals surface area (Å²) in [5.41, 5.74) is 1.61. The Morgan fingerprint density at radius 2 is 1.93 bits per heavy atom. The summed E-state index contributed by atoms with van der Waals surface area (Å²) in [6.45, 7) is 2.37. The molecule has 7 heteroatoms. The lowest BCUT2D eigenvalue weighted by Crippen LogP contribution is -2.38. The van der Waals surface area contributed by atoms with Gasteiger partial charge in [0.2, 0.25) is 0 Å². The number of halogens is 1. The number of ether oxygens (including phenoxy) is 2. The van der Waals surface area contributed by atoms with Crippen LogP contribution in [0.15, 0.2) is 36.4 Å². The molecule has 2 aliphatic heterocycles. The van der Waals surface area contributed by atoms with E-state index in [2.05, 4.69) is 12.1 Å². The highest BCUT2D eigenvalue weighted by atomic mass is 35.5. The van der Waals surface area contributed by atoms with Crippen molar-refractivity contribution >= 4 is 39.1 Å². The molecule has 1 saturated heterocycles. The average Bonchev–Trinajstić information content (AvgIpc) is 3.18. The van der Waals surface area contributed by atoms with Crippen LogP contribution >= 0.6 is 22.9 Å². The molecular formula is C21H19ClN2O3S. The molecule has 1 amide bonds. The van der Waals surface area contributed by atoms with Crippen LogP contribution in [-0.4, -0.2) is 42.1 Å². The Kier molecular flexibility index (Phi) is 4.61. The van der Waals surface area contributed by atoms with Crippen molar-refractivity contribution in [2.75, 3.05) is 26.3 Å². The van der Waals surface area contributed by atoms with E-state index in [4.69, 9.17) is 26.1 Å². The minimum Gasteiger partial charge on any atom is -0.486 e. The van der Waals surface area contributed by atoms with E-state index in [1.807, 2.05) is 17.0 Å². The predicted molar refractivity (Wildman–Crippen MR) is 110 cm³/mol. The van der Waals surface area contributed by atoms with E-state index in [1.54, 1.807) is 23.5 Å². The lowest BCUT2D eigenvalue weighted by atomic mass is 9.97. The zero-order valence-corrected chi connectivity index (χ0v) is 16.8. The van der Waals surface area contributed by atoms with E-state index in [0.717, 1.165) is 18.4 Å². The van der Waals surface area contributed by atoms with Gasteiger partial charge in [0.25, 0.3) is 5.91 Å². The molecule has 0 radical (unpaired) electrons. The lowest BCUT2D eigenvalue weighted by Gasteiger charge is -2.31. The third-order valence-electron chi connectivity index (χ3n) is 5.29. The fraction of sp³-hybridized carbons (Fsp3) is 0.333. The maximum atomic E-state index is 13.0. The second kappa shape index (κ2) is 7.26. The first-order valence-electron chi connectivity index (χ1n) is 9.43. The highest BCUT2D eigenvalue weighted by molar-refractivity contribution is 7.18. The third kappa shape index (κ3) is 3.20. The standard InChI is InChI=1S/C21H19ClN2O3S/c22-15-11-14(12-17-19(15)27-10-9-26-17)21(25)24-7-5-13(6-8-24)20-23-16-3-1-2-4-18(16)28-20/h1-4,11-13H,5-10H2. The molecule has 0 spiro atoms. The molecule has 144 valence electrons. The molecule has 0 N–H and O–H groups in total. The Balaban J connectivity index is 1.30. The molecule has 5 rings (SSSR count). The molecule has 0 unspecified atom stereocenters. The molecule has 2 aromatic carbocycles. The van der Waals surface area contributed by atoms with E-state index < -0.39 is 0 Å². The minimum atomic E-state index is -0.0124. The Morgan fingerprint density at radius 3 is 2.75 bits per heavy atom. The van der Waals surface area contributed by atoms with Gasteiger partial charge in [-0.15, -0.1) is 11.3 Å². The number of carbonyl (C=O) groups is 1. The van der Waals surface area contributed by atoms with E-state index in [9.17, 15) is 4.79 Å². The molecule has 2 aliphatic rings. The highest BCUT2D eigenvalue weighted by Gasteiger charge is 2.28. The molecule has 5 nitrogen and oxygen atoms in total. The average molecular weight is 415 g/mol. The van der Waals surface area contributed by atoms with Gasteiger partial charge in [-0.1, -0.05) is 23.7 Å². The topological polar surface area (TPSA) is 51.7 Å². The van der Waals surface area contributed by atoms with Gasteiger partial charge < -0.3 is 14.4 Å². The van der Waals surface area contributed by atoms with Gasteiger partial charge in [0.05, 0.1) is 20.2 Å². The zero-order valence-electron chi connectivity index (χ0n) is 15.2. The molecule has 0 atom stereocenters. The number of fused-ring (bicyclic) bond motifs is 2. The number of likely N-dealkylation sites (tertiary alicyclic amines) is 1. The number of nitrogens with zero attached hydrogens (tertiary/aromatic N) is 2. The number of piperidine rings is 1. The summed E-state index contributed by atoms with van der Waals surface area (Å²) in [7, 11) is 0. The van der Waals surface area contributed by atoms with Crippen LogP contribution < -0.4 is 9.47 Å². The number of aromatic nitrogens is 1. The van der Waals surface area contributed by atoms with E-state index in [0.29, 0.717) is 54.3 Å². The molecule has 1 aromatic heterocycles. The van der Waals surface area contributed by atoms with E-state index in [1.165, 1.54) is 9.71 Å². The summed E-state index contributed by atoms with van der Waals surface area (Å²) in [4.78, 5) is 19.7. The first-order chi connectivity index (χ1) is 13.7. The summed E-state index contributed by atoms with van der Waals surface area (Å²) < 4.78 is 12.4. The second-order valence-electron chi connectivity index (χ2n) is 7.07. The predicted octanol–water partition coefficient (Wildman–Crippen LogP) is 4.74. The lowest BCUT2D eigenvalue weighted by molar-refractivity contribution is 0.0712. The Hall–Kier alpha value is -2.31. The molecule has 0 bridgehead atoms. The maximum absolute atomic E-state index is 13.0. The summed E-state index contributed by atoms with van der Waals surface area (Å²) in [6, 6.07) is 11.6. The molecule has 3 aromatic rings. The number of rotatable bonds is 2. The summed E-state index contributed by atoms with van der Waals surface area (Å²) in [5, 5.41) is 1.60. The van der Waals surface area contributed by atoms with Crippen LogP contribution in [0.2, 0.25) is 5.02 Å². The SMILES string of the molecule is O=C(c1cc(Cl)c2c(c1)OCCO2)N1CCC(c2nc3ccccc3s2)CC1. The van der Waals surface area contributed by atoms with Crippen molar-refractivity contribution in [3.05, 3.63) is 52.0 Å². The largest absolute Gasteiger partial charge is 0.486 e. The maximum Gasteiger partial charge on any atom is 0.254 e. The number of amides is 1. The molecule has 28 heavy (non-hydrogen) atoms. The molecule has 0 aliphatic carbocycles. The number of benzene rings is 2. The summed E-state index contributed by atoms with van der Waals surface area (Å²) in [5.74, 6) is 1.47. The number of hydrogen-bond acceptors (Lipinski definition) is 5. The molecule has 3 heterocycles. The highest BCUT2D eigenvalue weighted by Crippen LogP contribution is 2.39. The number of hydrogen-bond donors (Lipinski definition) is 0. The number of thiazole rings is 1. The van der Waals surface area contributed by atoms with E-state index >= 15 is 0 Å². The van der Waals surface area contributed by atoms with Crippen molar-refractivity contribution < 1.29 is 14.3 Å². The first kappa shape index (κ1) is 17.8. The quantitative estimate of drug-likeness (QED) is 0.607. The van der Waals surface area contributed by atoms with Gasteiger partial charge in [-0.2, -0.15) is 0 Å². The molecule has 1 fully saturated rings. The van der Waals surface area contributed by atoms with Crippen LogP contribution in [-0.2, 0) is 0 Å². The second-order valence-corrected chi connectivity index (χ2v) is 8.54. The van der Waals surface area contributed by atoms with E-state index in [-0.39, 0.29) is 5.91 Å². The summed E-state index contributed by atoms with van der Waals surface area (Å²) >= 11 is 8.05. The zero-order chi connectivity index (χ0) is 19.1. The monoisotopic (exact) mass is 414 g/mol. The summed E-state index contributed by atoms with van der Waals surface area (Å²) in [6.07, 6.45) is 1.84. The van der Waals surface area contributed by atoms with Gasteiger partial charge in [0, 0.05) is 24.6 Å². The fourth-order valence-electron chi connectivity index (χ4n) is 3.81. The minimum absolute atomic E-state index is 0.0124. The normalized spacial score (nSPS) is 17.1. The van der Waals surface area contributed by atoms with Gasteiger partial charge >= 0.3 is 0 Å². The van der Waals surface area contributed by atoms with Gasteiger partial charge in [-0.3, -0.25) is 4.79 Å². The number of carbonyl (C=O) groups excluding carboxylic acids is 1. The van der Waals surface area contributed by atoms with Gasteiger partial charge in [0.15, 0.2) is 11.5 Å². The van der Waals surface area contributed by atoms with Crippen molar-refractivity contribution in [2.24, 2.45) is 0 Å². The van der Waals surface area contributed by atoms with Crippen molar-refractivity contribution in [1.29, 1.82) is 0 Å². The third-order valence-corrected chi connectivity index (χ3v) is 6.77. The van der Waals surface area contributed by atoms with Crippen LogP contribution in [0.4, 0.5) is 0 Å². The fourth-order valence-corrected chi connectivity index (χ4v) is 5.21. The van der Waals surface area contributed by atoms with Crippen LogP contribution in [0.1, 0.15) is 34.1 Å². The van der Waals surface area contributed by atoms with Gasteiger partial charge in [-0.05, 0) is 37.1 Å². The Labute approximate surface area is 171 Å². The van der Waals surface area contributed by atoms with Gasteiger partial charge in [-0.25, -0.2) is 4.98 Å². The van der Waals surface area contributed by atoms with Crippen LogP contribution in [0.25, 0.3) is 10.2 Å². The van der Waals surface area contributed by atoms with Crippen molar-refractivity contribution in [3.63, 3.8) is 0 Å². The van der Waals surface area contributed by atoms with Crippen LogP contribution in [0.3, 0.4) is 0 Å². The van der Waals surface area contributed by atoms with Crippen molar-refractivity contribution in [2.45, 2.75) is 18.8 Å². The Bertz CT molecular complexity index is 1010. The number of para-hydroxylation sites is 1. The van der Waals surface area contributed by atoms with Crippen molar-refractivity contribution in [1.82, 2.24) is 9.88 Å².